The third-order valence-electron chi connectivity index (χ3n) is 9.73. The molecule has 7 rings (SSSR count). The number of benzene rings is 3. The zero-order chi connectivity index (χ0) is 36.0. The fourth-order valence-corrected chi connectivity index (χ4v) is 6.81. The SMILES string of the molecule is COc1ccc2[nH]c(-c3c(C)nn(C)c3C)c(/C=C3\Oc4ccc(NC(=O)Nc5ccc(C(=O)N6CCN(C(C)C)CC6)cc5)cc4C3=O)c2c1. The van der Waals surface area contributed by atoms with Gasteiger partial charge in [0.15, 0.2) is 5.76 Å². The molecule has 0 aliphatic carbocycles. The second-order valence-electron chi connectivity index (χ2n) is 13.2. The number of nitrogens with zero attached hydrogens (tertiary/aromatic N) is 4. The molecule has 3 amide bonds. The highest BCUT2D eigenvalue weighted by atomic mass is 16.5. The van der Waals surface area contributed by atoms with E-state index in [4.69, 9.17) is 9.47 Å². The van der Waals surface area contributed by atoms with E-state index in [9.17, 15) is 14.4 Å². The normalized spacial score (nSPS) is 15.4. The number of carbonyl (C=O) groups excluding carboxylic acids is 3. The Morgan fingerprint density at radius 3 is 2.33 bits per heavy atom. The smallest absolute Gasteiger partial charge is 0.323 e. The lowest BCUT2D eigenvalue weighted by molar-refractivity contribution is 0.0595. The minimum Gasteiger partial charge on any atom is -0.497 e. The molecule has 0 radical (unpaired) electrons. The maximum atomic E-state index is 13.7. The molecule has 51 heavy (non-hydrogen) atoms. The molecule has 0 atom stereocenters. The average molecular weight is 688 g/mol. The van der Waals surface area contributed by atoms with E-state index in [0.717, 1.165) is 52.2 Å². The van der Waals surface area contributed by atoms with E-state index in [0.29, 0.717) is 53.1 Å². The topological polar surface area (TPSA) is 134 Å². The Kier molecular flexibility index (Phi) is 8.86. The first kappa shape index (κ1) is 33.6. The number of ketones is 1. The van der Waals surface area contributed by atoms with Gasteiger partial charge in [0.25, 0.3) is 5.91 Å². The van der Waals surface area contributed by atoms with Gasteiger partial charge < -0.3 is 30.0 Å². The molecule has 1 saturated heterocycles. The second-order valence-corrected chi connectivity index (χ2v) is 13.2. The molecule has 12 nitrogen and oxygen atoms in total. The minimum absolute atomic E-state index is 0.0178. The zero-order valence-electron chi connectivity index (χ0n) is 29.6. The van der Waals surface area contributed by atoms with Crippen molar-refractivity contribution in [3.8, 4) is 22.8 Å². The molecule has 2 aliphatic rings. The molecule has 12 heteroatoms. The molecule has 0 spiro atoms. The number of hydrogen-bond acceptors (Lipinski definition) is 7. The van der Waals surface area contributed by atoms with Crippen LogP contribution >= 0.6 is 0 Å². The number of fused-ring (bicyclic) bond motifs is 2. The van der Waals surface area contributed by atoms with Crippen molar-refractivity contribution in [3.05, 3.63) is 94.5 Å². The number of anilines is 2. The molecule has 2 aromatic heterocycles. The van der Waals surface area contributed by atoms with Gasteiger partial charge in [-0.2, -0.15) is 5.10 Å². The van der Waals surface area contributed by atoms with E-state index >= 15 is 0 Å². The van der Waals surface area contributed by atoms with Crippen molar-refractivity contribution in [2.24, 2.45) is 7.05 Å². The van der Waals surface area contributed by atoms with Crippen molar-refractivity contribution in [2.75, 3.05) is 43.9 Å². The molecular weight excluding hydrogens is 646 g/mol. The van der Waals surface area contributed by atoms with Gasteiger partial charge in [-0.15, -0.1) is 0 Å². The van der Waals surface area contributed by atoms with Crippen molar-refractivity contribution in [1.82, 2.24) is 24.6 Å². The van der Waals surface area contributed by atoms with Gasteiger partial charge in [-0.25, -0.2) is 4.79 Å². The number of aryl methyl sites for hydroxylation is 2. The highest BCUT2D eigenvalue weighted by molar-refractivity contribution is 6.16. The maximum Gasteiger partial charge on any atom is 0.323 e. The van der Waals surface area contributed by atoms with Crippen molar-refractivity contribution >= 4 is 46.1 Å². The van der Waals surface area contributed by atoms with E-state index in [1.807, 2.05) is 48.7 Å². The van der Waals surface area contributed by atoms with Crippen molar-refractivity contribution in [2.45, 2.75) is 33.7 Å². The van der Waals surface area contributed by atoms with Crippen LogP contribution in [0.2, 0.25) is 0 Å². The number of amides is 3. The number of rotatable bonds is 7. The number of allylic oxidation sites excluding steroid dienone is 1. The average Bonchev–Trinajstić information content (AvgIpc) is 3.72. The number of hydrogen-bond donors (Lipinski definition) is 3. The van der Waals surface area contributed by atoms with Gasteiger partial charge in [-0.05, 0) is 94.4 Å². The summed E-state index contributed by atoms with van der Waals surface area (Å²) in [5.41, 5.74) is 7.12. The number of nitrogens with one attached hydrogen (secondary N) is 3. The molecule has 262 valence electrons. The Morgan fingerprint density at radius 2 is 1.67 bits per heavy atom. The predicted molar refractivity (Wildman–Crippen MR) is 198 cm³/mol. The molecule has 1 fully saturated rings. The summed E-state index contributed by atoms with van der Waals surface area (Å²) in [7, 11) is 3.51. The van der Waals surface area contributed by atoms with Crippen LogP contribution in [0.1, 0.15) is 51.5 Å². The van der Waals surface area contributed by atoms with Gasteiger partial charge >= 0.3 is 6.03 Å². The number of urea groups is 1. The van der Waals surface area contributed by atoms with Crippen molar-refractivity contribution < 1.29 is 23.9 Å². The molecule has 2 aliphatic heterocycles. The third-order valence-corrected chi connectivity index (χ3v) is 9.73. The Morgan fingerprint density at radius 1 is 0.961 bits per heavy atom. The minimum atomic E-state index is -0.486. The summed E-state index contributed by atoms with van der Waals surface area (Å²) < 4.78 is 13.4. The lowest BCUT2D eigenvalue weighted by atomic mass is 10.0. The van der Waals surface area contributed by atoms with Gasteiger partial charge in [0.1, 0.15) is 11.5 Å². The Balaban J connectivity index is 1.06. The summed E-state index contributed by atoms with van der Waals surface area (Å²) in [5.74, 6) is 0.921. The first-order valence-corrected chi connectivity index (χ1v) is 17.0. The van der Waals surface area contributed by atoms with Crippen LogP contribution in [0.3, 0.4) is 0 Å². The van der Waals surface area contributed by atoms with Gasteiger partial charge in [0.05, 0.1) is 24.1 Å². The van der Waals surface area contributed by atoms with Crippen LogP contribution in [0, 0.1) is 13.8 Å². The number of Topliss-reactive ketones (excluding diaryl/α,β-unsaturated/α-hetero) is 1. The quantitative estimate of drug-likeness (QED) is 0.164. The summed E-state index contributed by atoms with van der Waals surface area (Å²) in [6.45, 7) is 11.4. The maximum absolute atomic E-state index is 13.7. The van der Waals surface area contributed by atoms with Crippen LogP contribution in [0.5, 0.6) is 11.5 Å². The van der Waals surface area contributed by atoms with Gasteiger partial charge in [0, 0.05) is 83.9 Å². The number of aromatic amines is 1. The summed E-state index contributed by atoms with van der Waals surface area (Å²) in [6.07, 6.45) is 1.75. The first-order valence-electron chi connectivity index (χ1n) is 17.0. The molecule has 0 bridgehead atoms. The number of methoxy groups -OCH3 is 1. The zero-order valence-corrected chi connectivity index (χ0v) is 29.6. The monoisotopic (exact) mass is 687 g/mol. The predicted octanol–water partition coefficient (Wildman–Crippen LogP) is 6.62. The Labute approximate surface area is 296 Å². The van der Waals surface area contributed by atoms with Gasteiger partial charge in [-0.3, -0.25) is 19.2 Å². The van der Waals surface area contributed by atoms with Crippen LogP contribution in [0.25, 0.3) is 28.2 Å². The molecule has 3 N–H and O–H groups in total. The number of H-pyrrole nitrogens is 1. The number of carbonyl (C=O) groups is 3. The van der Waals surface area contributed by atoms with Gasteiger partial charge in [-0.1, -0.05) is 0 Å². The summed E-state index contributed by atoms with van der Waals surface area (Å²) in [6, 6.07) is 17.5. The fraction of sp³-hybridized carbons (Fsp3) is 0.282. The van der Waals surface area contributed by atoms with Crippen molar-refractivity contribution in [3.63, 3.8) is 0 Å². The fourth-order valence-electron chi connectivity index (χ4n) is 6.81. The Hall–Kier alpha value is -5.88. The van der Waals surface area contributed by atoms with E-state index in [1.54, 1.807) is 55.7 Å². The van der Waals surface area contributed by atoms with E-state index in [2.05, 4.69) is 39.5 Å². The summed E-state index contributed by atoms with van der Waals surface area (Å²) in [4.78, 5) is 47.5. The molecule has 5 aromatic rings. The molecule has 0 saturated carbocycles. The first-order chi connectivity index (χ1) is 24.5. The number of aromatic nitrogens is 3. The van der Waals surface area contributed by atoms with E-state index in [-0.39, 0.29) is 17.4 Å². The molecular formula is C39H41N7O5. The summed E-state index contributed by atoms with van der Waals surface area (Å²) in [5, 5.41) is 11.1. The number of ether oxygens (including phenoxy) is 2. The van der Waals surface area contributed by atoms with Crippen LogP contribution < -0.4 is 20.1 Å². The van der Waals surface area contributed by atoms with Crippen LogP contribution in [-0.4, -0.2) is 81.6 Å². The lowest BCUT2D eigenvalue weighted by Gasteiger charge is -2.37. The van der Waals surface area contributed by atoms with Crippen LogP contribution in [-0.2, 0) is 7.05 Å². The van der Waals surface area contributed by atoms with Crippen LogP contribution in [0.15, 0.2) is 66.4 Å². The van der Waals surface area contributed by atoms with E-state index in [1.165, 1.54) is 0 Å². The number of piperazine rings is 1. The Bertz CT molecular complexity index is 2200. The molecule has 0 unspecified atom stereocenters. The molecule has 4 heterocycles. The lowest BCUT2D eigenvalue weighted by Crippen LogP contribution is -2.50. The van der Waals surface area contributed by atoms with E-state index < -0.39 is 6.03 Å². The third kappa shape index (κ3) is 6.45. The van der Waals surface area contributed by atoms with Crippen LogP contribution in [0.4, 0.5) is 16.2 Å². The van der Waals surface area contributed by atoms with Crippen molar-refractivity contribution in [1.29, 1.82) is 0 Å². The summed E-state index contributed by atoms with van der Waals surface area (Å²) >= 11 is 0. The highest BCUT2D eigenvalue weighted by Gasteiger charge is 2.30. The van der Waals surface area contributed by atoms with Gasteiger partial charge in [0.2, 0.25) is 5.78 Å². The second kappa shape index (κ2) is 13.4. The standard InChI is InChI=1S/C39H41N7O5/c1-22(2)45-15-17-46(18-16-45)38(48)25-7-9-26(10-8-25)40-39(49)41-27-11-14-33-31(19-27)37(47)34(51-33)21-30-29-20-28(50-6)12-13-32(29)42-36(30)35-23(3)43-44(5)24(35)4/h7-14,19-22,42H,15-18H2,1-6H3,(H2,40,41,49)/b34-21-. The largest absolute Gasteiger partial charge is 0.497 e. The molecule has 3 aromatic carbocycles. The highest BCUT2D eigenvalue weighted by Crippen LogP contribution is 2.39.